The Morgan fingerprint density at radius 1 is 1.09 bits per heavy atom. The summed E-state index contributed by atoms with van der Waals surface area (Å²) in [6.45, 7) is 4.42. The topological polar surface area (TPSA) is 84.9 Å². The SMILES string of the molecule is COc1ccc(COC(=O)C2=C3CC(C)(C)[C@@H]3S[C@@H]3[C@H](NC(=O)Cc4ccccc4)C(=O)N23)cc1. The molecule has 0 aromatic heterocycles. The predicted molar refractivity (Wildman–Crippen MR) is 132 cm³/mol. The van der Waals surface area contributed by atoms with E-state index in [2.05, 4.69) is 19.2 Å². The van der Waals surface area contributed by atoms with Crippen molar-refractivity contribution in [2.75, 3.05) is 7.11 Å². The number of carbonyl (C=O) groups excluding carboxylic acids is 3. The summed E-state index contributed by atoms with van der Waals surface area (Å²) in [6.07, 6.45) is 0.938. The lowest BCUT2D eigenvalue weighted by Gasteiger charge is -2.59. The van der Waals surface area contributed by atoms with Crippen molar-refractivity contribution in [2.24, 2.45) is 5.41 Å². The second-order valence-corrected chi connectivity index (χ2v) is 11.0. The molecule has 182 valence electrons. The van der Waals surface area contributed by atoms with Crippen molar-refractivity contribution in [3.63, 3.8) is 0 Å². The van der Waals surface area contributed by atoms with Gasteiger partial charge in [0, 0.05) is 5.25 Å². The van der Waals surface area contributed by atoms with Gasteiger partial charge in [-0.15, -0.1) is 11.8 Å². The van der Waals surface area contributed by atoms with Crippen LogP contribution in [0.3, 0.4) is 0 Å². The molecule has 2 aromatic carbocycles. The number of nitrogens with zero attached hydrogens (tertiary/aromatic N) is 1. The number of ether oxygens (including phenoxy) is 2. The van der Waals surface area contributed by atoms with Crippen molar-refractivity contribution in [3.8, 4) is 5.75 Å². The van der Waals surface area contributed by atoms with Gasteiger partial charge in [-0.1, -0.05) is 56.3 Å². The predicted octanol–water partition coefficient (Wildman–Crippen LogP) is 3.43. The zero-order chi connectivity index (χ0) is 24.7. The van der Waals surface area contributed by atoms with Crippen LogP contribution in [0.5, 0.6) is 5.75 Å². The Balaban J connectivity index is 1.30. The molecule has 0 unspecified atom stereocenters. The third-order valence-electron chi connectivity index (χ3n) is 6.78. The van der Waals surface area contributed by atoms with Crippen LogP contribution in [0.2, 0.25) is 0 Å². The third kappa shape index (κ3) is 4.31. The van der Waals surface area contributed by atoms with E-state index in [9.17, 15) is 14.4 Å². The summed E-state index contributed by atoms with van der Waals surface area (Å²) < 4.78 is 10.8. The fourth-order valence-corrected chi connectivity index (χ4v) is 6.70. The number of rotatable bonds is 7. The van der Waals surface area contributed by atoms with E-state index in [0.717, 1.165) is 28.9 Å². The summed E-state index contributed by atoms with van der Waals surface area (Å²) in [5.74, 6) is -0.246. The molecule has 2 fully saturated rings. The number of nitrogens with one attached hydrogen (secondary N) is 1. The number of carbonyl (C=O) groups is 3. The molecule has 7 nitrogen and oxygen atoms in total. The van der Waals surface area contributed by atoms with Crippen molar-refractivity contribution in [1.82, 2.24) is 10.2 Å². The average molecular weight is 493 g/mol. The van der Waals surface area contributed by atoms with Crippen LogP contribution in [0.1, 0.15) is 31.4 Å². The van der Waals surface area contributed by atoms with Gasteiger partial charge in [0.05, 0.1) is 13.5 Å². The lowest BCUT2D eigenvalue weighted by molar-refractivity contribution is -0.154. The summed E-state index contributed by atoms with van der Waals surface area (Å²) in [5.41, 5.74) is 3.03. The normalized spacial score (nSPS) is 23.9. The van der Waals surface area contributed by atoms with Crippen molar-refractivity contribution >= 4 is 29.5 Å². The van der Waals surface area contributed by atoms with E-state index in [4.69, 9.17) is 9.47 Å². The highest BCUT2D eigenvalue weighted by Crippen LogP contribution is 2.59. The van der Waals surface area contributed by atoms with Crippen LogP contribution in [0.4, 0.5) is 0 Å². The molecule has 3 aliphatic rings. The third-order valence-corrected chi connectivity index (χ3v) is 8.74. The Labute approximate surface area is 208 Å². The molecule has 35 heavy (non-hydrogen) atoms. The van der Waals surface area contributed by atoms with Gasteiger partial charge in [-0.3, -0.25) is 14.5 Å². The first-order valence-electron chi connectivity index (χ1n) is 11.6. The van der Waals surface area contributed by atoms with Gasteiger partial charge in [0.2, 0.25) is 5.91 Å². The van der Waals surface area contributed by atoms with Gasteiger partial charge in [-0.05, 0) is 40.7 Å². The van der Waals surface area contributed by atoms with E-state index in [1.54, 1.807) is 18.9 Å². The van der Waals surface area contributed by atoms with Gasteiger partial charge in [0.25, 0.3) is 5.91 Å². The highest BCUT2D eigenvalue weighted by Gasteiger charge is 2.61. The van der Waals surface area contributed by atoms with Gasteiger partial charge in [-0.2, -0.15) is 0 Å². The van der Waals surface area contributed by atoms with Crippen molar-refractivity contribution in [3.05, 3.63) is 77.0 Å². The number of amides is 2. The summed E-state index contributed by atoms with van der Waals surface area (Å²) in [5, 5.41) is 2.68. The maximum Gasteiger partial charge on any atom is 0.355 e. The fraction of sp³-hybridized carbons (Fsp3) is 0.370. The molecular weight excluding hydrogens is 464 g/mol. The van der Waals surface area contributed by atoms with Crippen molar-refractivity contribution in [1.29, 1.82) is 0 Å². The Kier molecular flexibility index (Phi) is 6.09. The van der Waals surface area contributed by atoms with Gasteiger partial charge >= 0.3 is 5.97 Å². The zero-order valence-corrected chi connectivity index (χ0v) is 20.8. The first-order chi connectivity index (χ1) is 16.8. The highest BCUT2D eigenvalue weighted by molar-refractivity contribution is 8.01. The first kappa shape index (κ1) is 23.5. The van der Waals surface area contributed by atoms with Crippen LogP contribution in [0, 0.1) is 5.41 Å². The molecule has 2 heterocycles. The Morgan fingerprint density at radius 2 is 1.80 bits per heavy atom. The number of esters is 1. The molecule has 0 bridgehead atoms. The smallest absolute Gasteiger partial charge is 0.355 e. The molecule has 8 heteroatoms. The summed E-state index contributed by atoms with van der Waals surface area (Å²) in [7, 11) is 1.60. The van der Waals surface area contributed by atoms with E-state index in [-0.39, 0.29) is 40.9 Å². The second-order valence-electron chi connectivity index (χ2n) is 9.79. The lowest BCUT2D eigenvalue weighted by atomic mass is 9.66. The highest BCUT2D eigenvalue weighted by atomic mass is 32.2. The molecule has 3 atom stereocenters. The summed E-state index contributed by atoms with van der Waals surface area (Å²) in [6, 6.07) is 16.1. The second kappa shape index (κ2) is 9.07. The molecular formula is C27H28N2O5S. The number of fused-ring (bicyclic) bond motifs is 2. The quantitative estimate of drug-likeness (QED) is 0.471. The molecule has 1 N–H and O–H groups in total. The van der Waals surface area contributed by atoms with Crippen LogP contribution in [-0.4, -0.2) is 46.5 Å². The Morgan fingerprint density at radius 3 is 2.46 bits per heavy atom. The standard InChI is InChI=1S/C27H28N2O5S/c1-27(2)14-19-22(26(32)34-15-17-9-11-18(33-3)12-10-17)29-24(31)21(25(29)35-23(19)27)28-20(30)13-16-7-5-4-6-8-16/h4-12,21,23,25H,13-15H2,1-3H3,(H,28,30)/t21-,23-,25-/m1/s1. The minimum Gasteiger partial charge on any atom is -0.497 e. The van der Waals surface area contributed by atoms with Crippen LogP contribution in [-0.2, 0) is 32.1 Å². The fourth-order valence-electron chi connectivity index (χ4n) is 4.93. The summed E-state index contributed by atoms with van der Waals surface area (Å²) >= 11 is 1.65. The largest absolute Gasteiger partial charge is 0.497 e. The summed E-state index contributed by atoms with van der Waals surface area (Å²) in [4.78, 5) is 40.5. The number of hydrogen-bond donors (Lipinski definition) is 1. The molecule has 0 radical (unpaired) electrons. The molecule has 0 spiro atoms. The van der Waals surface area contributed by atoms with Crippen molar-refractivity contribution < 1.29 is 23.9 Å². The van der Waals surface area contributed by atoms with Crippen LogP contribution in [0.25, 0.3) is 0 Å². The molecule has 1 saturated heterocycles. The van der Waals surface area contributed by atoms with Gasteiger partial charge in [0.15, 0.2) is 0 Å². The van der Waals surface area contributed by atoms with E-state index in [1.807, 2.05) is 54.6 Å². The maximum absolute atomic E-state index is 13.2. The van der Waals surface area contributed by atoms with Crippen LogP contribution in [0.15, 0.2) is 65.9 Å². The van der Waals surface area contributed by atoms with Crippen LogP contribution >= 0.6 is 11.8 Å². The van der Waals surface area contributed by atoms with Gasteiger partial charge < -0.3 is 14.8 Å². The van der Waals surface area contributed by atoms with Crippen molar-refractivity contribution in [2.45, 2.75) is 50.0 Å². The molecule has 2 amide bonds. The molecule has 1 saturated carbocycles. The minimum atomic E-state index is -0.654. The molecule has 5 rings (SSSR count). The Bertz CT molecular complexity index is 1190. The van der Waals surface area contributed by atoms with Gasteiger partial charge in [-0.25, -0.2) is 4.79 Å². The minimum absolute atomic E-state index is 0.00480. The Hall–Kier alpha value is -3.26. The number of thioether (sulfide) groups is 1. The molecule has 1 aliphatic carbocycles. The average Bonchev–Trinajstić information content (AvgIpc) is 2.85. The maximum atomic E-state index is 13.2. The monoisotopic (exact) mass is 492 g/mol. The van der Waals surface area contributed by atoms with Crippen LogP contribution < -0.4 is 10.1 Å². The number of β-lactam (4-membered cyclic amide) rings is 1. The van der Waals surface area contributed by atoms with E-state index < -0.39 is 12.0 Å². The lowest BCUT2D eigenvalue weighted by Crippen LogP contribution is -2.72. The molecule has 2 aromatic rings. The number of hydrogen-bond acceptors (Lipinski definition) is 6. The van der Waals surface area contributed by atoms with Gasteiger partial charge in [0.1, 0.15) is 29.5 Å². The number of benzene rings is 2. The molecule has 2 aliphatic heterocycles. The van der Waals surface area contributed by atoms with E-state index in [0.29, 0.717) is 5.70 Å². The zero-order valence-electron chi connectivity index (χ0n) is 19.9. The van der Waals surface area contributed by atoms with E-state index >= 15 is 0 Å². The van der Waals surface area contributed by atoms with E-state index in [1.165, 1.54) is 4.90 Å². The number of methoxy groups -OCH3 is 1. The first-order valence-corrected chi connectivity index (χ1v) is 12.6.